The molecule has 0 radical (unpaired) electrons. The van der Waals surface area contributed by atoms with Gasteiger partial charge in [0.1, 0.15) is 0 Å². The molecule has 0 aromatic carbocycles. The van der Waals surface area contributed by atoms with Gasteiger partial charge in [0.2, 0.25) is 11.9 Å². The van der Waals surface area contributed by atoms with E-state index in [2.05, 4.69) is 36.4 Å². The van der Waals surface area contributed by atoms with Gasteiger partial charge in [0.15, 0.2) is 0 Å². The summed E-state index contributed by atoms with van der Waals surface area (Å²) in [6, 6.07) is 0. The number of hydrogen-bond donors (Lipinski definition) is 1. The second-order valence-electron chi connectivity index (χ2n) is 3.60. The number of nitrogens with one attached hydrogen (secondary N) is 1. The molecule has 0 saturated heterocycles. The van der Waals surface area contributed by atoms with E-state index in [-0.39, 0.29) is 16.7 Å². The third kappa shape index (κ3) is 3.73. The molecule has 1 aromatic rings. The van der Waals surface area contributed by atoms with Crippen molar-refractivity contribution in [3.63, 3.8) is 0 Å². The van der Waals surface area contributed by atoms with Crippen molar-refractivity contribution in [1.29, 1.82) is 0 Å². The highest BCUT2D eigenvalue weighted by Crippen LogP contribution is 2.10. The van der Waals surface area contributed by atoms with E-state index in [1.807, 2.05) is 20.8 Å². The molecule has 1 amide bonds. The summed E-state index contributed by atoms with van der Waals surface area (Å²) in [7, 11) is 0. The Morgan fingerprint density at radius 1 is 1.24 bits per heavy atom. The maximum absolute atomic E-state index is 11.6. The summed E-state index contributed by atoms with van der Waals surface area (Å²) in [5.41, 5.74) is 1.77. The van der Waals surface area contributed by atoms with Crippen LogP contribution in [0, 0.1) is 0 Å². The van der Waals surface area contributed by atoms with Gasteiger partial charge in [0.25, 0.3) is 0 Å². The molecular formula is C11H17BrN4O. The zero-order valence-electron chi connectivity index (χ0n) is 10.3. The van der Waals surface area contributed by atoms with E-state index < -0.39 is 0 Å². The van der Waals surface area contributed by atoms with Crippen molar-refractivity contribution in [2.45, 2.75) is 44.9 Å². The Hall–Kier alpha value is -1.04. The fourth-order valence-electron chi connectivity index (χ4n) is 1.36. The van der Waals surface area contributed by atoms with Crippen LogP contribution in [0.25, 0.3) is 0 Å². The number of carbonyl (C=O) groups excluding carboxylic acids is 1. The predicted octanol–water partition coefficient (Wildman–Crippen LogP) is 2.11. The topological polar surface area (TPSA) is 67.8 Å². The Labute approximate surface area is 110 Å². The zero-order valence-corrected chi connectivity index (χ0v) is 11.9. The number of rotatable bonds is 5. The van der Waals surface area contributed by atoms with E-state index in [1.54, 1.807) is 0 Å². The lowest BCUT2D eigenvalue weighted by Crippen LogP contribution is -2.24. The highest BCUT2D eigenvalue weighted by Gasteiger charge is 2.14. The quantitative estimate of drug-likeness (QED) is 0.846. The summed E-state index contributed by atoms with van der Waals surface area (Å²) in [4.78, 5) is 15.7. The van der Waals surface area contributed by atoms with Gasteiger partial charge in [-0.3, -0.25) is 10.1 Å². The summed E-state index contributed by atoms with van der Waals surface area (Å²) >= 11 is 3.28. The molecule has 1 unspecified atom stereocenters. The molecule has 0 aliphatic heterocycles. The van der Waals surface area contributed by atoms with Crippen molar-refractivity contribution in [3.8, 4) is 0 Å². The second kappa shape index (κ2) is 6.64. The van der Waals surface area contributed by atoms with E-state index in [9.17, 15) is 4.79 Å². The smallest absolute Gasteiger partial charge is 0.249 e. The predicted molar refractivity (Wildman–Crippen MR) is 70.2 cm³/mol. The molecule has 0 saturated carbocycles. The van der Waals surface area contributed by atoms with Gasteiger partial charge in [-0.15, -0.1) is 10.2 Å². The third-order valence-electron chi connectivity index (χ3n) is 2.39. The van der Waals surface area contributed by atoms with Gasteiger partial charge in [-0.2, -0.15) is 0 Å². The first-order valence-electron chi connectivity index (χ1n) is 5.79. The third-order valence-corrected chi connectivity index (χ3v) is 3.45. The lowest BCUT2D eigenvalue weighted by Gasteiger charge is -2.09. The van der Waals surface area contributed by atoms with Crippen LogP contribution in [-0.4, -0.2) is 25.9 Å². The molecule has 17 heavy (non-hydrogen) atoms. The van der Waals surface area contributed by atoms with Gasteiger partial charge in [-0.25, -0.2) is 4.98 Å². The highest BCUT2D eigenvalue weighted by atomic mass is 79.9. The molecule has 0 aliphatic carbocycles. The molecule has 5 nitrogen and oxygen atoms in total. The number of halogens is 1. The van der Waals surface area contributed by atoms with Crippen molar-refractivity contribution in [3.05, 3.63) is 11.4 Å². The van der Waals surface area contributed by atoms with Crippen molar-refractivity contribution < 1.29 is 4.79 Å². The van der Waals surface area contributed by atoms with Crippen LogP contribution in [0.4, 0.5) is 5.95 Å². The largest absolute Gasteiger partial charge is 0.292 e. The molecule has 0 aliphatic rings. The maximum atomic E-state index is 11.6. The minimum Gasteiger partial charge on any atom is -0.292 e. The van der Waals surface area contributed by atoms with Crippen LogP contribution >= 0.6 is 15.9 Å². The number of anilines is 1. The lowest BCUT2D eigenvalue weighted by molar-refractivity contribution is -0.115. The minimum absolute atomic E-state index is 0.138. The molecule has 94 valence electrons. The molecule has 1 N–H and O–H groups in total. The molecule has 1 atom stereocenters. The van der Waals surface area contributed by atoms with Gasteiger partial charge in [-0.1, -0.05) is 36.7 Å². The molecular weight excluding hydrogens is 284 g/mol. The Balaban J connectivity index is 2.82. The number of nitrogens with zero attached hydrogens (tertiary/aromatic N) is 3. The maximum Gasteiger partial charge on any atom is 0.249 e. The highest BCUT2D eigenvalue weighted by molar-refractivity contribution is 9.10. The van der Waals surface area contributed by atoms with E-state index >= 15 is 0 Å². The van der Waals surface area contributed by atoms with Crippen molar-refractivity contribution in [2.24, 2.45) is 0 Å². The van der Waals surface area contributed by atoms with Gasteiger partial charge in [0.05, 0.1) is 16.2 Å². The van der Waals surface area contributed by atoms with Crippen LogP contribution < -0.4 is 5.32 Å². The van der Waals surface area contributed by atoms with Crippen LogP contribution in [0.3, 0.4) is 0 Å². The average Bonchev–Trinajstić information content (AvgIpc) is 2.37. The molecule has 1 rings (SSSR count). The fraction of sp³-hybridized carbons (Fsp3) is 0.636. The molecule has 0 fully saturated rings. The monoisotopic (exact) mass is 300 g/mol. The van der Waals surface area contributed by atoms with Gasteiger partial charge in [-0.05, 0) is 19.3 Å². The molecule has 0 bridgehead atoms. The summed E-state index contributed by atoms with van der Waals surface area (Å²) in [5.74, 6) is 0.141. The normalized spacial score (nSPS) is 12.2. The summed E-state index contributed by atoms with van der Waals surface area (Å²) in [5, 5.41) is 10.6. The fourth-order valence-corrected chi connectivity index (χ4v) is 1.48. The molecule has 0 spiro atoms. The Morgan fingerprint density at radius 2 is 1.88 bits per heavy atom. The first kappa shape index (κ1) is 14.0. The average molecular weight is 301 g/mol. The van der Waals surface area contributed by atoms with Crippen molar-refractivity contribution >= 4 is 27.8 Å². The number of alkyl halides is 1. The number of carbonyl (C=O) groups is 1. The van der Waals surface area contributed by atoms with Crippen molar-refractivity contribution in [1.82, 2.24) is 15.2 Å². The molecule has 1 heterocycles. The van der Waals surface area contributed by atoms with E-state index in [4.69, 9.17) is 0 Å². The number of amides is 1. The van der Waals surface area contributed by atoms with Gasteiger partial charge >= 0.3 is 0 Å². The first-order valence-corrected chi connectivity index (χ1v) is 6.71. The standard InChI is InChI=1S/C11H17BrN4O/c1-4-7(12)10(17)14-11-13-8(5-2)9(6-3)15-16-11/h7H,4-6H2,1-3H3,(H,13,14,16,17). The van der Waals surface area contributed by atoms with Gasteiger partial charge in [0, 0.05) is 0 Å². The van der Waals surface area contributed by atoms with E-state index in [0.29, 0.717) is 6.42 Å². The first-order chi connectivity index (χ1) is 8.12. The SMILES string of the molecule is CCc1nnc(NC(=O)C(Br)CC)nc1CC. The number of aromatic nitrogens is 3. The summed E-state index contributed by atoms with van der Waals surface area (Å²) < 4.78 is 0. The number of hydrogen-bond acceptors (Lipinski definition) is 4. The molecule has 6 heteroatoms. The van der Waals surface area contributed by atoms with Crippen LogP contribution in [0.5, 0.6) is 0 Å². The van der Waals surface area contributed by atoms with Gasteiger partial charge < -0.3 is 0 Å². The summed E-state index contributed by atoms with van der Waals surface area (Å²) in [6.07, 6.45) is 2.30. The summed E-state index contributed by atoms with van der Waals surface area (Å²) in [6.45, 7) is 5.94. The zero-order chi connectivity index (χ0) is 12.8. The van der Waals surface area contributed by atoms with Crippen LogP contribution in [0.1, 0.15) is 38.6 Å². The van der Waals surface area contributed by atoms with Crippen LogP contribution in [-0.2, 0) is 17.6 Å². The Morgan fingerprint density at radius 3 is 2.41 bits per heavy atom. The van der Waals surface area contributed by atoms with Crippen LogP contribution in [0.2, 0.25) is 0 Å². The second-order valence-corrected chi connectivity index (χ2v) is 4.71. The van der Waals surface area contributed by atoms with E-state index in [1.165, 1.54) is 0 Å². The lowest BCUT2D eigenvalue weighted by atomic mass is 10.2. The molecule has 1 aromatic heterocycles. The van der Waals surface area contributed by atoms with Crippen LogP contribution in [0.15, 0.2) is 0 Å². The Bertz CT molecular complexity index is 397. The van der Waals surface area contributed by atoms with E-state index in [0.717, 1.165) is 24.2 Å². The number of aryl methyl sites for hydroxylation is 2. The van der Waals surface area contributed by atoms with Crippen molar-refractivity contribution in [2.75, 3.05) is 5.32 Å². The Kier molecular flexibility index (Phi) is 5.47. The minimum atomic E-state index is -0.220.